The van der Waals surface area contributed by atoms with Crippen molar-refractivity contribution >= 4 is 11.8 Å². The Labute approximate surface area is 122 Å². The molecule has 0 fully saturated rings. The van der Waals surface area contributed by atoms with Crippen LogP contribution in [-0.2, 0) is 10.3 Å². The molecule has 5 nitrogen and oxygen atoms in total. The average molecular weight is 302 g/mol. The number of alkyl halides is 2. The van der Waals surface area contributed by atoms with Crippen molar-refractivity contribution in [1.29, 1.82) is 0 Å². The zero-order valence-corrected chi connectivity index (χ0v) is 12.4. The van der Waals surface area contributed by atoms with E-state index in [1.807, 2.05) is 0 Å². The Hall–Kier alpha value is -1.89. The number of nitrogens with one attached hydrogen (secondary N) is 1. The smallest absolute Gasteiger partial charge is 0.412 e. The van der Waals surface area contributed by atoms with Crippen LogP contribution in [0.1, 0.15) is 33.3 Å². The lowest BCUT2D eigenvalue weighted by Crippen LogP contribution is -2.41. The minimum atomic E-state index is -2.88. The monoisotopic (exact) mass is 302 g/mol. The SMILES string of the molecule is CC(C)(C)OC(=O)Nc1ccc(O)cc1C(C)(N)C(F)F. The lowest BCUT2D eigenvalue weighted by atomic mass is 9.92. The maximum absolute atomic E-state index is 13.1. The zero-order valence-electron chi connectivity index (χ0n) is 12.4. The summed E-state index contributed by atoms with van der Waals surface area (Å²) in [6.45, 7) is 6.15. The fraction of sp³-hybridized carbons (Fsp3) is 0.500. The van der Waals surface area contributed by atoms with Gasteiger partial charge in [0.2, 0.25) is 0 Å². The van der Waals surface area contributed by atoms with Gasteiger partial charge in [-0.05, 0) is 45.9 Å². The standard InChI is InChI=1S/C14H20F2N2O3/c1-13(2,3)21-12(20)18-10-6-5-8(19)7-9(10)14(4,17)11(15)16/h5-7,11,19H,17H2,1-4H3,(H,18,20). The highest BCUT2D eigenvalue weighted by molar-refractivity contribution is 5.86. The molecular weight excluding hydrogens is 282 g/mol. The van der Waals surface area contributed by atoms with Crippen LogP contribution in [-0.4, -0.2) is 23.2 Å². The van der Waals surface area contributed by atoms with Crippen LogP contribution in [0.3, 0.4) is 0 Å². The van der Waals surface area contributed by atoms with Gasteiger partial charge in [0.1, 0.15) is 16.9 Å². The van der Waals surface area contributed by atoms with Gasteiger partial charge < -0.3 is 15.6 Å². The summed E-state index contributed by atoms with van der Waals surface area (Å²) in [5.41, 5.74) is 2.83. The predicted octanol–water partition coefficient (Wildman–Crippen LogP) is 3.18. The van der Waals surface area contributed by atoms with Crippen LogP contribution >= 0.6 is 0 Å². The molecule has 0 radical (unpaired) electrons. The molecule has 118 valence electrons. The molecule has 4 N–H and O–H groups in total. The molecule has 1 aromatic rings. The van der Waals surface area contributed by atoms with Crippen molar-refractivity contribution in [3.8, 4) is 5.75 Å². The number of aromatic hydroxyl groups is 1. The number of nitrogens with two attached hydrogens (primary N) is 1. The molecule has 0 spiro atoms. The van der Waals surface area contributed by atoms with Crippen molar-refractivity contribution < 1.29 is 23.4 Å². The quantitative estimate of drug-likeness (QED) is 0.749. The molecule has 1 amide bonds. The van der Waals surface area contributed by atoms with E-state index < -0.39 is 23.7 Å². The summed E-state index contributed by atoms with van der Waals surface area (Å²) in [7, 11) is 0. The third-order valence-corrected chi connectivity index (χ3v) is 2.67. The highest BCUT2D eigenvalue weighted by Gasteiger charge is 2.35. The number of carbonyl (C=O) groups is 1. The van der Waals surface area contributed by atoms with Crippen molar-refractivity contribution in [2.45, 2.75) is 45.3 Å². The molecule has 1 unspecified atom stereocenters. The largest absolute Gasteiger partial charge is 0.508 e. The van der Waals surface area contributed by atoms with Gasteiger partial charge in [0, 0.05) is 11.3 Å². The van der Waals surface area contributed by atoms with Gasteiger partial charge in [-0.1, -0.05) is 0 Å². The first-order chi connectivity index (χ1) is 9.43. The maximum Gasteiger partial charge on any atom is 0.412 e. The lowest BCUT2D eigenvalue weighted by molar-refractivity contribution is 0.0604. The molecule has 21 heavy (non-hydrogen) atoms. The summed E-state index contributed by atoms with van der Waals surface area (Å²) >= 11 is 0. The van der Waals surface area contributed by atoms with Gasteiger partial charge in [-0.15, -0.1) is 0 Å². The predicted molar refractivity (Wildman–Crippen MR) is 75.5 cm³/mol. The van der Waals surface area contributed by atoms with Crippen LogP contribution in [0.5, 0.6) is 5.75 Å². The van der Waals surface area contributed by atoms with Crippen molar-refractivity contribution in [1.82, 2.24) is 0 Å². The summed E-state index contributed by atoms with van der Waals surface area (Å²) in [5.74, 6) is -0.225. The number of hydrogen-bond acceptors (Lipinski definition) is 4. The number of halogens is 2. The Kier molecular flexibility index (Phi) is 4.78. The van der Waals surface area contributed by atoms with Crippen LogP contribution < -0.4 is 11.1 Å². The van der Waals surface area contributed by atoms with Crippen molar-refractivity contribution in [3.05, 3.63) is 23.8 Å². The van der Waals surface area contributed by atoms with Gasteiger partial charge in [-0.3, -0.25) is 5.32 Å². The van der Waals surface area contributed by atoms with E-state index in [1.165, 1.54) is 12.1 Å². The number of phenolic OH excluding ortho intramolecular Hbond substituents is 1. The van der Waals surface area contributed by atoms with Crippen molar-refractivity contribution in [3.63, 3.8) is 0 Å². The molecule has 1 atom stereocenters. The van der Waals surface area contributed by atoms with E-state index in [2.05, 4.69) is 5.32 Å². The Morgan fingerprint density at radius 1 is 1.33 bits per heavy atom. The molecule has 0 aliphatic rings. The molecule has 0 bridgehead atoms. The number of hydrogen-bond donors (Lipinski definition) is 3. The van der Waals surface area contributed by atoms with Gasteiger partial charge in [0.25, 0.3) is 6.43 Å². The summed E-state index contributed by atoms with van der Waals surface area (Å²) in [6.07, 6.45) is -3.67. The van der Waals surface area contributed by atoms with Crippen molar-refractivity contribution in [2.75, 3.05) is 5.32 Å². The van der Waals surface area contributed by atoms with E-state index in [9.17, 15) is 18.7 Å². The van der Waals surface area contributed by atoms with Crippen LogP contribution in [0.4, 0.5) is 19.3 Å². The first-order valence-electron chi connectivity index (χ1n) is 6.34. The summed E-state index contributed by atoms with van der Waals surface area (Å²) in [4.78, 5) is 11.7. The van der Waals surface area contributed by atoms with E-state index in [4.69, 9.17) is 10.5 Å². The van der Waals surface area contributed by atoms with Crippen LogP contribution in [0, 0.1) is 0 Å². The molecular formula is C14H20F2N2O3. The van der Waals surface area contributed by atoms with E-state index in [0.717, 1.165) is 13.0 Å². The summed E-state index contributed by atoms with van der Waals surface area (Å²) < 4.78 is 31.2. The molecule has 7 heteroatoms. The van der Waals surface area contributed by atoms with Gasteiger partial charge in [-0.2, -0.15) is 0 Å². The third-order valence-electron chi connectivity index (χ3n) is 2.67. The number of benzene rings is 1. The van der Waals surface area contributed by atoms with E-state index in [1.54, 1.807) is 20.8 Å². The first kappa shape index (κ1) is 17.2. The normalized spacial score (nSPS) is 14.7. The first-order valence-corrected chi connectivity index (χ1v) is 6.34. The number of ether oxygens (including phenoxy) is 1. The second-order valence-corrected chi connectivity index (χ2v) is 5.94. The molecule has 0 saturated heterocycles. The Morgan fingerprint density at radius 3 is 2.38 bits per heavy atom. The van der Waals surface area contributed by atoms with Gasteiger partial charge in [0.15, 0.2) is 0 Å². The Balaban J connectivity index is 3.11. The molecule has 1 rings (SSSR count). The number of phenols is 1. The van der Waals surface area contributed by atoms with Gasteiger partial charge >= 0.3 is 6.09 Å². The third kappa shape index (κ3) is 4.56. The number of anilines is 1. The molecule has 0 heterocycles. The summed E-state index contributed by atoms with van der Waals surface area (Å²) in [5, 5.41) is 11.8. The fourth-order valence-corrected chi connectivity index (χ4v) is 1.62. The lowest BCUT2D eigenvalue weighted by Gasteiger charge is -2.27. The zero-order chi connectivity index (χ0) is 16.4. The molecule has 0 aliphatic heterocycles. The van der Waals surface area contributed by atoms with Crippen LogP contribution in [0.2, 0.25) is 0 Å². The Bertz CT molecular complexity index is 525. The van der Waals surface area contributed by atoms with Crippen molar-refractivity contribution in [2.24, 2.45) is 5.73 Å². The topological polar surface area (TPSA) is 84.6 Å². The Morgan fingerprint density at radius 2 is 1.90 bits per heavy atom. The second-order valence-electron chi connectivity index (χ2n) is 5.94. The van der Waals surface area contributed by atoms with E-state index in [0.29, 0.717) is 0 Å². The van der Waals surface area contributed by atoms with E-state index in [-0.39, 0.29) is 17.0 Å². The average Bonchev–Trinajstić information content (AvgIpc) is 2.28. The maximum atomic E-state index is 13.1. The molecule has 1 aromatic carbocycles. The number of carbonyl (C=O) groups excluding carboxylic acids is 1. The number of rotatable bonds is 3. The molecule has 0 saturated carbocycles. The highest BCUT2D eigenvalue weighted by atomic mass is 19.3. The summed E-state index contributed by atoms with van der Waals surface area (Å²) in [6, 6.07) is 3.65. The second kappa shape index (κ2) is 5.85. The molecule has 0 aliphatic carbocycles. The van der Waals surface area contributed by atoms with Gasteiger partial charge in [0.05, 0.1) is 0 Å². The highest BCUT2D eigenvalue weighted by Crippen LogP contribution is 2.33. The van der Waals surface area contributed by atoms with E-state index >= 15 is 0 Å². The minimum absolute atomic E-state index is 0.0624. The van der Waals surface area contributed by atoms with Crippen LogP contribution in [0.25, 0.3) is 0 Å². The number of amides is 1. The molecule has 0 aromatic heterocycles. The minimum Gasteiger partial charge on any atom is -0.508 e. The van der Waals surface area contributed by atoms with Gasteiger partial charge in [-0.25, -0.2) is 13.6 Å². The fourth-order valence-electron chi connectivity index (χ4n) is 1.62. The van der Waals surface area contributed by atoms with Crippen LogP contribution in [0.15, 0.2) is 18.2 Å².